The Kier molecular flexibility index (Phi) is 6.50. The molecule has 0 saturated carbocycles. The molecule has 0 saturated heterocycles. The summed E-state index contributed by atoms with van der Waals surface area (Å²) in [6, 6.07) is 10.0. The lowest BCUT2D eigenvalue weighted by molar-refractivity contribution is -0.385. The summed E-state index contributed by atoms with van der Waals surface area (Å²) in [6.45, 7) is 6.88. The number of benzene rings is 1. The van der Waals surface area contributed by atoms with Crippen LogP contribution in [0.15, 0.2) is 35.9 Å². The Morgan fingerprint density at radius 3 is 2.70 bits per heavy atom. The highest BCUT2D eigenvalue weighted by Gasteiger charge is 2.16. The third-order valence-corrected chi connectivity index (χ3v) is 4.35. The fourth-order valence-electron chi connectivity index (χ4n) is 2.95. The van der Waals surface area contributed by atoms with Gasteiger partial charge in [0.25, 0.3) is 11.6 Å². The van der Waals surface area contributed by atoms with Crippen LogP contribution < -0.4 is 5.32 Å². The Morgan fingerprint density at radius 2 is 2.07 bits per heavy atom. The number of amides is 1. The minimum absolute atomic E-state index is 0.0239. The zero-order valence-electron chi connectivity index (χ0n) is 15.7. The number of rotatable bonds is 7. The first-order chi connectivity index (χ1) is 12.9. The molecule has 0 atom stereocenters. The number of hydrogen-bond acceptors (Lipinski definition) is 4. The summed E-state index contributed by atoms with van der Waals surface area (Å²) in [5, 5.41) is 23.0. The number of nitriles is 1. The van der Waals surface area contributed by atoms with Crippen molar-refractivity contribution in [3.63, 3.8) is 0 Å². The average molecular weight is 366 g/mol. The number of nitrogens with one attached hydrogen (secondary N) is 1. The molecule has 2 aromatic rings. The van der Waals surface area contributed by atoms with E-state index in [1.165, 1.54) is 6.07 Å². The molecule has 7 nitrogen and oxygen atoms in total. The van der Waals surface area contributed by atoms with Crippen molar-refractivity contribution in [2.45, 2.75) is 40.3 Å². The summed E-state index contributed by atoms with van der Waals surface area (Å²) >= 11 is 0. The molecule has 7 heteroatoms. The number of nitro groups is 1. The molecule has 0 aliphatic rings. The van der Waals surface area contributed by atoms with Gasteiger partial charge in [0.2, 0.25) is 0 Å². The van der Waals surface area contributed by atoms with Crippen molar-refractivity contribution in [3.8, 4) is 6.07 Å². The molecular weight excluding hydrogens is 344 g/mol. The summed E-state index contributed by atoms with van der Waals surface area (Å²) in [7, 11) is 0. The van der Waals surface area contributed by atoms with Crippen LogP contribution in [0.3, 0.4) is 0 Å². The molecule has 0 bridgehead atoms. The number of nitrogens with zero attached hydrogens (tertiary/aromatic N) is 3. The normalized spacial score (nSPS) is 11.1. The number of carbonyl (C=O) groups excluding carboxylic acids is 1. The molecule has 1 aromatic carbocycles. The summed E-state index contributed by atoms with van der Waals surface area (Å²) in [4.78, 5) is 22.9. The molecule has 1 heterocycles. The first-order valence-electron chi connectivity index (χ1n) is 8.68. The predicted octanol–water partition coefficient (Wildman–Crippen LogP) is 3.65. The maximum atomic E-state index is 12.4. The predicted molar refractivity (Wildman–Crippen MR) is 103 cm³/mol. The second-order valence-electron chi connectivity index (χ2n) is 6.22. The molecule has 140 valence electrons. The second-order valence-corrected chi connectivity index (χ2v) is 6.22. The smallest absolute Gasteiger partial charge is 0.274 e. The van der Waals surface area contributed by atoms with E-state index < -0.39 is 10.8 Å². The van der Waals surface area contributed by atoms with E-state index in [-0.39, 0.29) is 17.8 Å². The van der Waals surface area contributed by atoms with E-state index in [4.69, 9.17) is 0 Å². The third-order valence-electron chi connectivity index (χ3n) is 4.35. The zero-order chi connectivity index (χ0) is 20.0. The molecule has 0 aliphatic heterocycles. The highest BCUT2D eigenvalue weighted by atomic mass is 16.6. The van der Waals surface area contributed by atoms with Gasteiger partial charge < -0.3 is 9.88 Å². The van der Waals surface area contributed by atoms with Crippen molar-refractivity contribution in [1.82, 2.24) is 9.88 Å². The number of aromatic nitrogens is 1. The van der Waals surface area contributed by atoms with E-state index in [9.17, 15) is 20.2 Å². The summed E-state index contributed by atoms with van der Waals surface area (Å²) in [5.41, 5.74) is 3.16. The molecule has 0 unspecified atom stereocenters. The molecule has 0 radical (unpaired) electrons. The van der Waals surface area contributed by atoms with Crippen LogP contribution in [0.2, 0.25) is 0 Å². The van der Waals surface area contributed by atoms with E-state index in [0.717, 1.165) is 29.9 Å². The van der Waals surface area contributed by atoms with Gasteiger partial charge in [0.1, 0.15) is 11.6 Å². The molecule has 1 N–H and O–H groups in total. The van der Waals surface area contributed by atoms with Gasteiger partial charge in [-0.05, 0) is 38.0 Å². The van der Waals surface area contributed by atoms with Crippen LogP contribution in [0.1, 0.15) is 35.9 Å². The summed E-state index contributed by atoms with van der Waals surface area (Å²) in [6.07, 6.45) is 2.55. The van der Waals surface area contributed by atoms with Gasteiger partial charge in [-0.3, -0.25) is 14.9 Å². The summed E-state index contributed by atoms with van der Waals surface area (Å²) in [5.74, 6) is -0.559. The van der Waals surface area contributed by atoms with Crippen LogP contribution in [-0.2, 0) is 17.9 Å². The van der Waals surface area contributed by atoms with Crippen LogP contribution in [0.4, 0.5) is 5.69 Å². The fraction of sp³-hybridized carbons (Fsp3) is 0.300. The molecule has 27 heavy (non-hydrogen) atoms. The van der Waals surface area contributed by atoms with Crippen LogP contribution in [0, 0.1) is 35.3 Å². The monoisotopic (exact) mass is 366 g/mol. The first kappa shape index (κ1) is 19.9. The highest BCUT2D eigenvalue weighted by molar-refractivity contribution is 6.01. The Morgan fingerprint density at radius 1 is 1.37 bits per heavy atom. The lowest BCUT2D eigenvalue weighted by Crippen LogP contribution is -2.24. The zero-order valence-corrected chi connectivity index (χ0v) is 15.7. The van der Waals surface area contributed by atoms with Crippen LogP contribution in [0.25, 0.3) is 6.08 Å². The number of nitro benzene ring substituents is 1. The van der Waals surface area contributed by atoms with E-state index in [0.29, 0.717) is 5.56 Å². The van der Waals surface area contributed by atoms with Crippen molar-refractivity contribution in [2.75, 3.05) is 0 Å². The van der Waals surface area contributed by atoms with E-state index in [1.807, 2.05) is 26.0 Å². The maximum absolute atomic E-state index is 12.4. The van der Waals surface area contributed by atoms with Gasteiger partial charge in [0.15, 0.2) is 0 Å². The highest BCUT2D eigenvalue weighted by Crippen LogP contribution is 2.20. The minimum Gasteiger partial charge on any atom is -0.349 e. The number of carbonyl (C=O) groups is 1. The van der Waals surface area contributed by atoms with Gasteiger partial charge in [0.05, 0.1) is 4.92 Å². The van der Waals surface area contributed by atoms with Crippen LogP contribution >= 0.6 is 0 Å². The van der Waals surface area contributed by atoms with Crippen LogP contribution in [-0.4, -0.2) is 15.4 Å². The molecular formula is C20H22N4O3. The molecule has 0 fully saturated rings. The van der Waals surface area contributed by atoms with E-state index in [2.05, 4.69) is 16.8 Å². The standard InChI is InChI=1S/C20H22N4O3/c1-4-9-23-14(2)10-17(15(23)3)11-18(12-21)20(25)22-13-16-7-5-6-8-19(16)24(26)27/h5-8,10-11H,4,9,13H2,1-3H3,(H,22,25). The van der Waals surface area contributed by atoms with Gasteiger partial charge in [-0.2, -0.15) is 5.26 Å². The third kappa shape index (κ3) is 4.61. The Balaban J connectivity index is 2.20. The minimum atomic E-state index is -0.559. The lowest BCUT2D eigenvalue weighted by atomic mass is 10.1. The fourth-order valence-corrected chi connectivity index (χ4v) is 2.95. The second kappa shape index (κ2) is 8.81. The van der Waals surface area contributed by atoms with Gasteiger partial charge in [-0.15, -0.1) is 0 Å². The molecule has 0 aliphatic carbocycles. The topological polar surface area (TPSA) is 101 Å². The van der Waals surface area contributed by atoms with E-state index >= 15 is 0 Å². The van der Waals surface area contributed by atoms with Crippen molar-refractivity contribution in [3.05, 3.63) is 68.5 Å². The first-order valence-corrected chi connectivity index (χ1v) is 8.68. The molecule has 0 spiro atoms. The number of hydrogen-bond donors (Lipinski definition) is 1. The summed E-state index contributed by atoms with van der Waals surface area (Å²) < 4.78 is 2.14. The van der Waals surface area contributed by atoms with Crippen molar-refractivity contribution < 1.29 is 9.72 Å². The Hall–Kier alpha value is -3.40. The number of para-hydroxylation sites is 1. The van der Waals surface area contributed by atoms with Crippen LogP contribution in [0.5, 0.6) is 0 Å². The maximum Gasteiger partial charge on any atom is 0.274 e. The lowest BCUT2D eigenvalue weighted by Gasteiger charge is -2.07. The Labute approximate surface area is 158 Å². The van der Waals surface area contributed by atoms with E-state index in [1.54, 1.807) is 24.3 Å². The quantitative estimate of drug-likeness (QED) is 0.350. The molecule has 2 rings (SSSR count). The van der Waals surface area contributed by atoms with Crippen molar-refractivity contribution in [2.24, 2.45) is 0 Å². The molecule has 1 amide bonds. The van der Waals surface area contributed by atoms with Gasteiger partial charge >= 0.3 is 0 Å². The Bertz CT molecular complexity index is 935. The largest absolute Gasteiger partial charge is 0.349 e. The number of aryl methyl sites for hydroxylation is 1. The van der Waals surface area contributed by atoms with Crippen molar-refractivity contribution in [1.29, 1.82) is 5.26 Å². The van der Waals surface area contributed by atoms with Gasteiger partial charge in [-0.1, -0.05) is 25.1 Å². The van der Waals surface area contributed by atoms with Gasteiger partial charge in [-0.25, -0.2) is 0 Å². The van der Waals surface area contributed by atoms with Gasteiger partial charge in [0, 0.05) is 36.1 Å². The average Bonchev–Trinajstić information content (AvgIpc) is 2.92. The molecule has 1 aromatic heterocycles. The van der Waals surface area contributed by atoms with Crippen molar-refractivity contribution >= 4 is 17.7 Å². The SMILES string of the molecule is CCCn1c(C)cc(C=C(C#N)C(=O)NCc2ccccc2[N+](=O)[O-])c1C.